The van der Waals surface area contributed by atoms with E-state index in [4.69, 9.17) is 11.6 Å². The summed E-state index contributed by atoms with van der Waals surface area (Å²) in [6.45, 7) is 7.27. The predicted octanol–water partition coefficient (Wildman–Crippen LogP) is 1.36. The van der Waals surface area contributed by atoms with Crippen LogP contribution in [0.2, 0.25) is 5.02 Å². The molecule has 116 valence electrons. The lowest BCUT2D eigenvalue weighted by molar-refractivity contribution is 0.0629. The Hall–Kier alpha value is -1.17. The van der Waals surface area contributed by atoms with Crippen molar-refractivity contribution in [3.8, 4) is 0 Å². The van der Waals surface area contributed by atoms with Crippen molar-refractivity contribution >= 4 is 17.5 Å². The minimum absolute atomic E-state index is 0.0141. The summed E-state index contributed by atoms with van der Waals surface area (Å²) < 4.78 is 0. The van der Waals surface area contributed by atoms with Gasteiger partial charge in [0.1, 0.15) is 0 Å². The number of halogens is 1. The topological polar surface area (TPSA) is 39.7 Å². The molecule has 1 aromatic rings. The number of amides is 1. The molecule has 1 aliphatic rings. The molecule has 0 N–H and O–H groups in total. The van der Waals surface area contributed by atoms with Gasteiger partial charge in [0, 0.05) is 51.2 Å². The van der Waals surface area contributed by atoms with E-state index >= 15 is 0 Å². The second-order valence-corrected chi connectivity index (χ2v) is 6.15. The first-order valence-electron chi connectivity index (χ1n) is 7.26. The number of carbonyl (C=O) groups is 1. The lowest BCUT2D eigenvalue weighted by atomic mass is 10.2. The molecule has 21 heavy (non-hydrogen) atoms. The zero-order valence-corrected chi connectivity index (χ0v) is 13.7. The number of aryl methyl sites for hydroxylation is 1. The Labute approximate surface area is 131 Å². The van der Waals surface area contributed by atoms with E-state index in [1.165, 1.54) is 0 Å². The normalized spacial score (nSPS) is 16.5. The molecule has 2 rings (SSSR count). The van der Waals surface area contributed by atoms with Gasteiger partial charge in [-0.3, -0.25) is 14.7 Å². The first-order valence-corrected chi connectivity index (χ1v) is 7.63. The summed E-state index contributed by atoms with van der Waals surface area (Å²) in [5, 5.41) is 0.488. The van der Waals surface area contributed by atoms with Crippen molar-refractivity contribution in [2.24, 2.45) is 0 Å². The maximum atomic E-state index is 12.5. The summed E-state index contributed by atoms with van der Waals surface area (Å²) in [5.41, 5.74) is 1.33. The van der Waals surface area contributed by atoms with Crippen LogP contribution in [0, 0.1) is 6.92 Å². The van der Waals surface area contributed by atoms with Gasteiger partial charge in [-0.15, -0.1) is 0 Å². The third-order valence-corrected chi connectivity index (χ3v) is 4.06. The Morgan fingerprint density at radius 1 is 1.33 bits per heavy atom. The predicted molar refractivity (Wildman–Crippen MR) is 84.9 cm³/mol. The van der Waals surface area contributed by atoms with E-state index in [0.717, 1.165) is 45.0 Å². The van der Waals surface area contributed by atoms with E-state index in [0.29, 0.717) is 10.6 Å². The number of rotatable bonds is 4. The van der Waals surface area contributed by atoms with E-state index in [-0.39, 0.29) is 5.91 Å². The van der Waals surface area contributed by atoms with Gasteiger partial charge in [-0.25, -0.2) is 0 Å². The molecule has 1 aromatic heterocycles. The first kappa shape index (κ1) is 16.2. The largest absolute Gasteiger partial charge is 0.336 e. The van der Waals surface area contributed by atoms with Crippen molar-refractivity contribution in [1.29, 1.82) is 0 Å². The lowest BCUT2D eigenvalue weighted by Gasteiger charge is -2.35. The number of hydrogen-bond acceptors (Lipinski definition) is 4. The Morgan fingerprint density at radius 2 is 2.00 bits per heavy atom. The molecule has 6 heteroatoms. The Morgan fingerprint density at radius 3 is 2.57 bits per heavy atom. The molecule has 0 atom stereocenters. The van der Waals surface area contributed by atoms with E-state index in [1.807, 2.05) is 11.8 Å². The van der Waals surface area contributed by atoms with Gasteiger partial charge < -0.3 is 9.80 Å². The maximum absolute atomic E-state index is 12.5. The van der Waals surface area contributed by atoms with Gasteiger partial charge in [-0.2, -0.15) is 0 Å². The Bertz CT molecular complexity index is 498. The molecule has 0 saturated carbocycles. The fraction of sp³-hybridized carbons (Fsp3) is 0.600. The number of aromatic nitrogens is 1. The molecule has 1 saturated heterocycles. The van der Waals surface area contributed by atoms with Crippen molar-refractivity contribution in [3.63, 3.8) is 0 Å². The van der Waals surface area contributed by atoms with Crippen LogP contribution in [-0.2, 0) is 0 Å². The van der Waals surface area contributed by atoms with Crippen molar-refractivity contribution < 1.29 is 4.79 Å². The summed E-state index contributed by atoms with van der Waals surface area (Å²) in [6, 6.07) is 1.74. The van der Waals surface area contributed by atoms with Crippen LogP contribution >= 0.6 is 11.6 Å². The highest BCUT2D eigenvalue weighted by Gasteiger charge is 2.23. The van der Waals surface area contributed by atoms with Gasteiger partial charge in [0.05, 0.1) is 10.6 Å². The maximum Gasteiger partial charge on any atom is 0.257 e. The van der Waals surface area contributed by atoms with E-state index < -0.39 is 0 Å². The third-order valence-electron chi connectivity index (χ3n) is 3.74. The van der Waals surface area contributed by atoms with Crippen LogP contribution < -0.4 is 0 Å². The molecule has 5 nitrogen and oxygen atoms in total. The molecule has 1 amide bonds. The van der Waals surface area contributed by atoms with Gasteiger partial charge >= 0.3 is 0 Å². The average Bonchev–Trinajstić information content (AvgIpc) is 2.45. The van der Waals surface area contributed by atoms with Crippen LogP contribution in [0.5, 0.6) is 0 Å². The standard InChI is InChI=1S/C15H23ClN4O/c1-12-10-14(16)13(11-17-12)15(21)20-8-6-19(7-9-20)5-4-18(2)3/h10-11H,4-9H2,1-3H3. The molecule has 1 aliphatic heterocycles. The number of hydrogen-bond donors (Lipinski definition) is 0. The van der Waals surface area contributed by atoms with E-state index in [9.17, 15) is 4.79 Å². The molecule has 0 radical (unpaired) electrons. The minimum atomic E-state index is -0.0141. The van der Waals surface area contributed by atoms with Crippen LogP contribution in [0.4, 0.5) is 0 Å². The van der Waals surface area contributed by atoms with Crippen molar-refractivity contribution in [1.82, 2.24) is 19.7 Å². The summed E-state index contributed by atoms with van der Waals surface area (Å²) >= 11 is 6.15. The fourth-order valence-corrected chi connectivity index (χ4v) is 2.66. The van der Waals surface area contributed by atoms with Crippen LogP contribution in [0.3, 0.4) is 0 Å². The summed E-state index contributed by atoms with van der Waals surface area (Å²) in [5.74, 6) is -0.0141. The molecular weight excluding hydrogens is 288 g/mol. The lowest BCUT2D eigenvalue weighted by Crippen LogP contribution is -2.50. The Balaban J connectivity index is 1.91. The number of piperazine rings is 1. The first-order chi connectivity index (χ1) is 9.97. The molecule has 0 spiro atoms. The minimum Gasteiger partial charge on any atom is -0.336 e. The molecule has 0 aliphatic carbocycles. The van der Waals surface area contributed by atoms with Gasteiger partial charge in [0.25, 0.3) is 5.91 Å². The van der Waals surface area contributed by atoms with Crippen LogP contribution in [0.15, 0.2) is 12.3 Å². The average molecular weight is 311 g/mol. The molecule has 2 heterocycles. The van der Waals surface area contributed by atoms with Gasteiger partial charge in [0.15, 0.2) is 0 Å². The smallest absolute Gasteiger partial charge is 0.257 e. The zero-order valence-electron chi connectivity index (χ0n) is 13.0. The number of carbonyl (C=O) groups excluding carboxylic acids is 1. The number of likely N-dealkylation sites (N-methyl/N-ethyl adjacent to an activating group) is 1. The number of nitrogens with zero attached hydrogens (tertiary/aromatic N) is 4. The molecule has 0 bridgehead atoms. The highest BCUT2D eigenvalue weighted by atomic mass is 35.5. The van der Waals surface area contributed by atoms with E-state index in [1.54, 1.807) is 12.3 Å². The third kappa shape index (κ3) is 4.40. The SMILES string of the molecule is Cc1cc(Cl)c(C(=O)N2CCN(CCN(C)C)CC2)cn1. The summed E-state index contributed by atoms with van der Waals surface area (Å²) in [6.07, 6.45) is 1.58. The second kappa shape index (κ2) is 7.20. The van der Waals surface area contributed by atoms with Crippen molar-refractivity contribution in [3.05, 3.63) is 28.5 Å². The van der Waals surface area contributed by atoms with Crippen molar-refractivity contribution in [2.75, 3.05) is 53.4 Å². The summed E-state index contributed by atoms with van der Waals surface area (Å²) in [7, 11) is 4.15. The van der Waals surface area contributed by atoms with Gasteiger partial charge in [-0.05, 0) is 27.1 Å². The van der Waals surface area contributed by atoms with Gasteiger partial charge in [-0.1, -0.05) is 11.6 Å². The monoisotopic (exact) mass is 310 g/mol. The fourth-order valence-electron chi connectivity index (χ4n) is 2.37. The van der Waals surface area contributed by atoms with Crippen LogP contribution in [-0.4, -0.2) is 79.0 Å². The second-order valence-electron chi connectivity index (χ2n) is 5.74. The highest BCUT2D eigenvalue weighted by molar-refractivity contribution is 6.33. The molecule has 0 aromatic carbocycles. The van der Waals surface area contributed by atoms with Crippen LogP contribution in [0.25, 0.3) is 0 Å². The zero-order chi connectivity index (χ0) is 15.4. The molecular formula is C15H23ClN4O. The summed E-state index contributed by atoms with van der Waals surface area (Å²) in [4.78, 5) is 23.1. The molecule has 0 unspecified atom stereocenters. The highest BCUT2D eigenvalue weighted by Crippen LogP contribution is 2.18. The number of pyridine rings is 1. The quantitative estimate of drug-likeness (QED) is 0.842. The van der Waals surface area contributed by atoms with E-state index in [2.05, 4.69) is 28.9 Å². The van der Waals surface area contributed by atoms with Crippen LogP contribution in [0.1, 0.15) is 16.1 Å². The van der Waals surface area contributed by atoms with Crippen molar-refractivity contribution in [2.45, 2.75) is 6.92 Å². The van der Waals surface area contributed by atoms with Gasteiger partial charge in [0.2, 0.25) is 0 Å². The Kier molecular flexibility index (Phi) is 5.56. The molecule has 1 fully saturated rings.